The Balaban J connectivity index is 2.85. The van der Waals surface area contributed by atoms with E-state index in [1.54, 1.807) is 13.0 Å². The molecule has 0 saturated carbocycles. The SMILES string of the molecule is CCOC(=O)C(NCCN(C)C)c1ccc(Cl)c(Br)c1. The highest BCUT2D eigenvalue weighted by atomic mass is 79.9. The molecule has 0 radical (unpaired) electrons. The average molecular weight is 364 g/mol. The summed E-state index contributed by atoms with van der Waals surface area (Å²) in [6.07, 6.45) is 0. The van der Waals surface area contributed by atoms with Crippen LogP contribution >= 0.6 is 27.5 Å². The van der Waals surface area contributed by atoms with E-state index >= 15 is 0 Å². The van der Waals surface area contributed by atoms with Crippen molar-refractivity contribution < 1.29 is 9.53 Å². The molecule has 0 saturated heterocycles. The molecule has 0 amide bonds. The largest absolute Gasteiger partial charge is 0.465 e. The second-order valence-electron chi connectivity index (χ2n) is 4.62. The summed E-state index contributed by atoms with van der Waals surface area (Å²) >= 11 is 9.36. The van der Waals surface area contributed by atoms with Gasteiger partial charge in [-0.2, -0.15) is 0 Å². The zero-order valence-corrected chi connectivity index (χ0v) is 14.3. The number of rotatable bonds is 7. The quantitative estimate of drug-likeness (QED) is 0.756. The van der Waals surface area contributed by atoms with Crippen molar-refractivity contribution >= 4 is 33.5 Å². The van der Waals surface area contributed by atoms with Crippen molar-refractivity contribution in [3.63, 3.8) is 0 Å². The summed E-state index contributed by atoms with van der Waals surface area (Å²) in [5.74, 6) is -0.277. The van der Waals surface area contributed by atoms with Gasteiger partial charge >= 0.3 is 5.97 Å². The number of hydrogen-bond donors (Lipinski definition) is 1. The van der Waals surface area contributed by atoms with E-state index in [4.69, 9.17) is 16.3 Å². The summed E-state index contributed by atoms with van der Waals surface area (Å²) in [7, 11) is 3.97. The fourth-order valence-corrected chi connectivity index (χ4v) is 2.20. The molecule has 112 valence electrons. The summed E-state index contributed by atoms with van der Waals surface area (Å²) in [5.41, 5.74) is 0.832. The van der Waals surface area contributed by atoms with Crippen LogP contribution in [-0.2, 0) is 9.53 Å². The molecule has 1 N–H and O–H groups in total. The molecule has 6 heteroatoms. The average Bonchev–Trinajstić information content (AvgIpc) is 2.38. The number of nitrogens with one attached hydrogen (secondary N) is 1. The van der Waals surface area contributed by atoms with Gasteiger partial charge in [0, 0.05) is 17.6 Å². The predicted octanol–water partition coefficient (Wildman–Crippen LogP) is 2.86. The Bertz CT molecular complexity index is 455. The molecule has 0 aromatic heterocycles. The van der Waals surface area contributed by atoms with Gasteiger partial charge in [0.2, 0.25) is 0 Å². The number of carbonyl (C=O) groups is 1. The maximum Gasteiger partial charge on any atom is 0.327 e. The van der Waals surface area contributed by atoms with E-state index in [9.17, 15) is 4.79 Å². The molecule has 0 fully saturated rings. The van der Waals surface area contributed by atoms with E-state index < -0.39 is 6.04 Å². The Hall–Kier alpha value is -0.620. The summed E-state index contributed by atoms with van der Waals surface area (Å²) in [6, 6.07) is 4.95. The number of likely N-dealkylation sites (N-methyl/N-ethyl adjacent to an activating group) is 1. The fraction of sp³-hybridized carbons (Fsp3) is 0.500. The Morgan fingerprint density at radius 2 is 2.20 bits per heavy atom. The van der Waals surface area contributed by atoms with Crippen molar-refractivity contribution in [2.75, 3.05) is 33.8 Å². The maximum atomic E-state index is 12.1. The lowest BCUT2D eigenvalue weighted by Crippen LogP contribution is -2.35. The van der Waals surface area contributed by atoms with E-state index in [0.717, 1.165) is 16.6 Å². The maximum absolute atomic E-state index is 12.1. The Labute approximate surface area is 133 Å². The van der Waals surface area contributed by atoms with E-state index in [2.05, 4.69) is 21.2 Å². The number of carbonyl (C=O) groups excluding carboxylic acids is 1. The Morgan fingerprint density at radius 3 is 2.75 bits per heavy atom. The third-order valence-corrected chi connectivity index (χ3v) is 3.92. The lowest BCUT2D eigenvalue weighted by Gasteiger charge is -2.19. The van der Waals surface area contributed by atoms with Crippen LogP contribution < -0.4 is 5.32 Å². The minimum absolute atomic E-state index is 0.277. The van der Waals surface area contributed by atoms with Gasteiger partial charge in [0.05, 0.1) is 11.6 Å². The fourth-order valence-electron chi connectivity index (χ4n) is 1.69. The smallest absolute Gasteiger partial charge is 0.327 e. The van der Waals surface area contributed by atoms with Crippen LogP contribution in [0.15, 0.2) is 22.7 Å². The zero-order valence-electron chi connectivity index (χ0n) is 12.0. The second kappa shape index (κ2) is 8.62. The van der Waals surface area contributed by atoms with Gasteiger partial charge in [-0.1, -0.05) is 17.7 Å². The molecular formula is C14H20BrClN2O2. The van der Waals surface area contributed by atoms with Gasteiger partial charge in [-0.25, -0.2) is 4.79 Å². The monoisotopic (exact) mass is 362 g/mol. The highest BCUT2D eigenvalue weighted by molar-refractivity contribution is 9.10. The molecule has 0 aliphatic carbocycles. The van der Waals surface area contributed by atoms with Crippen LogP contribution in [0.5, 0.6) is 0 Å². The minimum atomic E-state index is -0.483. The molecule has 1 aromatic carbocycles. The van der Waals surface area contributed by atoms with Crippen molar-refractivity contribution in [1.29, 1.82) is 0 Å². The van der Waals surface area contributed by atoms with Gasteiger partial charge < -0.3 is 9.64 Å². The van der Waals surface area contributed by atoms with Gasteiger partial charge in [-0.3, -0.25) is 5.32 Å². The van der Waals surface area contributed by atoms with E-state index in [1.807, 2.05) is 31.1 Å². The first kappa shape index (κ1) is 17.4. The topological polar surface area (TPSA) is 41.6 Å². The second-order valence-corrected chi connectivity index (χ2v) is 5.88. The van der Waals surface area contributed by atoms with Crippen LogP contribution in [0.3, 0.4) is 0 Å². The van der Waals surface area contributed by atoms with Gasteiger partial charge in [0.1, 0.15) is 6.04 Å². The number of ether oxygens (including phenoxy) is 1. The molecule has 1 atom stereocenters. The first-order chi connectivity index (χ1) is 9.45. The standard InChI is InChI=1S/C14H20BrClN2O2/c1-4-20-14(19)13(17-7-8-18(2)3)10-5-6-12(16)11(15)9-10/h5-6,9,13,17H,4,7-8H2,1-3H3. The number of hydrogen-bond acceptors (Lipinski definition) is 4. The summed E-state index contributed by atoms with van der Waals surface area (Å²) < 4.78 is 5.89. The number of esters is 1. The van der Waals surface area contributed by atoms with Crippen LogP contribution in [0.25, 0.3) is 0 Å². The van der Waals surface area contributed by atoms with E-state index in [0.29, 0.717) is 18.2 Å². The van der Waals surface area contributed by atoms with Gasteiger partial charge in [-0.05, 0) is 54.6 Å². The number of halogens is 2. The minimum Gasteiger partial charge on any atom is -0.465 e. The van der Waals surface area contributed by atoms with Crippen molar-refractivity contribution in [3.8, 4) is 0 Å². The van der Waals surface area contributed by atoms with Gasteiger partial charge in [0.15, 0.2) is 0 Å². The van der Waals surface area contributed by atoms with Crippen LogP contribution in [0.2, 0.25) is 5.02 Å². The summed E-state index contributed by atoms with van der Waals surface area (Å²) in [6.45, 7) is 3.69. The van der Waals surface area contributed by atoms with Gasteiger partial charge in [0.25, 0.3) is 0 Å². The number of benzene rings is 1. The van der Waals surface area contributed by atoms with Gasteiger partial charge in [-0.15, -0.1) is 0 Å². The van der Waals surface area contributed by atoms with Crippen LogP contribution in [0.1, 0.15) is 18.5 Å². The normalized spacial score (nSPS) is 12.5. The third-order valence-electron chi connectivity index (χ3n) is 2.71. The molecule has 0 spiro atoms. The molecule has 20 heavy (non-hydrogen) atoms. The lowest BCUT2D eigenvalue weighted by molar-refractivity contribution is -0.145. The van der Waals surface area contributed by atoms with Crippen molar-refractivity contribution in [1.82, 2.24) is 10.2 Å². The molecule has 1 rings (SSSR count). The third kappa shape index (κ3) is 5.40. The molecular weight excluding hydrogens is 344 g/mol. The highest BCUT2D eigenvalue weighted by Crippen LogP contribution is 2.26. The van der Waals surface area contributed by atoms with E-state index in [1.165, 1.54) is 0 Å². The summed E-state index contributed by atoms with van der Waals surface area (Å²) in [4.78, 5) is 14.1. The molecule has 1 aromatic rings. The molecule has 0 aliphatic heterocycles. The molecule has 4 nitrogen and oxygen atoms in total. The Morgan fingerprint density at radius 1 is 1.50 bits per heavy atom. The van der Waals surface area contributed by atoms with Crippen molar-refractivity contribution in [2.24, 2.45) is 0 Å². The first-order valence-corrected chi connectivity index (χ1v) is 7.62. The number of nitrogens with zero attached hydrogens (tertiary/aromatic N) is 1. The van der Waals surface area contributed by atoms with Crippen LogP contribution in [0, 0.1) is 0 Å². The molecule has 0 bridgehead atoms. The van der Waals surface area contributed by atoms with Crippen molar-refractivity contribution in [2.45, 2.75) is 13.0 Å². The molecule has 1 unspecified atom stereocenters. The van der Waals surface area contributed by atoms with Crippen LogP contribution in [-0.4, -0.2) is 44.7 Å². The Kier molecular flexibility index (Phi) is 7.51. The summed E-state index contributed by atoms with van der Waals surface area (Å²) in [5, 5.41) is 3.83. The molecule has 0 aliphatic rings. The zero-order chi connectivity index (χ0) is 15.1. The first-order valence-electron chi connectivity index (χ1n) is 6.45. The van der Waals surface area contributed by atoms with Crippen molar-refractivity contribution in [3.05, 3.63) is 33.3 Å². The molecule has 0 heterocycles. The van der Waals surface area contributed by atoms with Crippen LogP contribution in [0.4, 0.5) is 0 Å². The van der Waals surface area contributed by atoms with E-state index in [-0.39, 0.29) is 5.97 Å². The highest BCUT2D eigenvalue weighted by Gasteiger charge is 2.21. The lowest BCUT2D eigenvalue weighted by atomic mass is 10.1. The predicted molar refractivity (Wildman–Crippen MR) is 85.1 cm³/mol.